The number of fused-ring (bicyclic) bond motifs is 5. The van der Waals surface area contributed by atoms with E-state index in [4.69, 9.17) is 0 Å². The van der Waals surface area contributed by atoms with Gasteiger partial charge in [-0.2, -0.15) is 0 Å². The van der Waals surface area contributed by atoms with Crippen molar-refractivity contribution in [3.05, 3.63) is 157 Å². The first-order valence-electron chi connectivity index (χ1n) is 15.9. The molecule has 0 saturated carbocycles. The van der Waals surface area contributed by atoms with Gasteiger partial charge in [-0.3, -0.25) is 0 Å². The lowest BCUT2D eigenvalue weighted by molar-refractivity contribution is 0.661. The Morgan fingerprint density at radius 1 is 0.356 bits per heavy atom. The molecule has 0 saturated heterocycles. The minimum atomic E-state index is -0.139. The van der Waals surface area contributed by atoms with Crippen LogP contribution < -0.4 is 0 Å². The van der Waals surface area contributed by atoms with E-state index in [0.29, 0.717) is 0 Å². The van der Waals surface area contributed by atoms with Gasteiger partial charge in [-0.1, -0.05) is 135 Å². The standard InChI is InChI=1S/C45H30/c1-45(2)39-25-30(34-23-32-19-17-28-12-7-13-29-18-20-33(24-34)42(32)41(28)29)21-22-38(39)44-40(45)26-31-10-4-6-15-36(31)43(44)37-16-8-11-27-9-3-5-14-35(27)37/h3-26H,1-2H3. The fourth-order valence-corrected chi connectivity index (χ4v) is 8.37. The molecule has 0 radical (unpaired) electrons. The van der Waals surface area contributed by atoms with Crippen molar-refractivity contribution in [3.8, 4) is 33.4 Å². The Hall–Kier alpha value is -5.46. The minimum absolute atomic E-state index is 0.139. The van der Waals surface area contributed by atoms with Gasteiger partial charge in [0.05, 0.1) is 0 Å². The molecule has 0 amide bonds. The van der Waals surface area contributed by atoms with Gasteiger partial charge in [0.2, 0.25) is 0 Å². The fourth-order valence-electron chi connectivity index (χ4n) is 8.37. The van der Waals surface area contributed by atoms with Crippen LogP contribution >= 0.6 is 0 Å². The maximum Gasteiger partial charge on any atom is 0.0159 e. The molecule has 0 fully saturated rings. The summed E-state index contributed by atoms with van der Waals surface area (Å²) in [5, 5.41) is 13.2. The van der Waals surface area contributed by atoms with E-state index < -0.39 is 0 Å². The van der Waals surface area contributed by atoms with Crippen LogP contribution in [0.1, 0.15) is 25.0 Å². The fraction of sp³-hybridized carbons (Fsp3) is 0.0667. The van der Waals surface area contributed by atoms with E-state index in [1.165, 1.54) is 98.4 Å². The molecule has 0 N–H and O–H groups in total. The highest BCUT2D eigenvalue weighted by atomic mass is 14.4. The maximum absolute atomic E-state index is 2.47. The lowest BCUT2D eigenvalue weighted by atomic mass is 9.79. The molecule has 45 heavy (non-hydrogen) atoms. The SMILES string of the molecule is CC1(C)c2cc(-c3cc4ccc5cccc6ccc(c3)c4c56)ccc2-c2c1cc1ccccc1c2-c1cccc2ccccc12. The van der Waals surface area contributed by atoms with Crippen LogP contribution in [0.15, 0.2) is 146 Å². The van der Waals surface area contributed by atoms with Gasteiger partial charge in [-0.05, 0) is 123 Å². The average Bonchev–Trinajstić information content (AvgIpc) is 3.31. The Bertz CT molecular complexity index is 2600. The first kappa shape index (κ1) is 24.9. The Labute approximate surface area is 262 Å². The second-order valence-electron chi connectivity index (χ2n) is 13.3. The van der Waals surface area contributed by atoms with Gasteiger partial charge < -0.3 is 0 Å². The van der Waals surface area contributed by atoms with Crippen LogP contribution in [0.3, 0.4) is 0 Å². The molecule has 0 nitrogen and oxygen atoms in total. The summed E-state index contributed by atoms with van der Waals surface area (Å²) < 4.78 is 0. The predicted molar refractivity (Wildman–Crippen MR) is 194 cm³/mol. The van der Waals surface area contributed by atoms with Crippen molar-refractivity contribution in [2.45, 2.75) is 19.3 Å². The monoisotopic (exact) mass is 570 g/mol. The number of rotatable bonds is 2. The third-order valence-electron chi connectivity index (χ3n) is 10.5. The molecule has 0 atom stereocenters. The highest BCUT2D eigenvalue weighted by Crippen LogP contribution is 2.55. The quantitative estimate of drug-likeness (QED) is 0.181. The summed E-state index contributed by atoms with van der Waals surface area (Å²) in [7, 11) is 0. The normalized spacial score (nSPS) is 13.7. The van der Waals surface area contributed by atoms with Gasteiger partial charge in [-0.15, -0.1) is 0 Å². The van der Waals surface area contributed by atoms with Crippen molar-refractivity contribution in [2.75, 3.05) is 0 Å². The topological polar surface area (TPSA) is 0 Å². The number of hydrogen-bond donors (Lipinski definition) is 0. The Balaban J connectivity index is 1.23. The van der Waals surface area contributed by atoms with Crippen molar-refractivity contribution < 1.29 is 0 Å². The summed E-state index contributed by atoms with van der Waals surface area (Å²) in [5.41, 5.74) is 10.6. The third-order valence-corrected chi connectivity index (χ3v) is 10.5. The van der Waals surface area contributed by atoms with Gasteiger partial charge >= 0.3 is 0 Å². The smallest absolute Gasteiger partial charge is 0.0159 e. The van der Waals surface area contributed by atoms with Gasteiger partial charge in [0.15, 0.2) is 0 Å². The summed E-state index contributed by atoms with van der Waals surface area (Å²) >= 11 is 0. The van der Waals surface area contributed by atoms with E-state index >= 15 is 0 Å². The Kier molecular flexibility index (Phi) is 4.88. The summed E-state index contributed by atoms with van der Waals surface area (Å²) in [5.74, 6) is 0. The molecule has 10 rings (SSSR count). The molecule has 210 valence electrons. The molecule has 0 aromatic heterocycles. The average molecular weight is 571 g/mol. The van der Waals surface area contributed by atoms with Crippen molar-refractivity contribution in [1.82, 2.24) is 0 Å². The summed E-state index contributed by atoms with van der Waals surface area (Å²) in [6.07, 6.45) is 0. The highest BCUT2D eigenvalue weighted by Gasteiger charge is 2.38. The molecular formula is C45H30. The molecule has 9 aromatic carbocycles. The van der Waals surface area contributed by atoms with Crippen LogP contribution in [-0.2, 0) is 5.41 Å². The number of hydrogen-bond acceptors (Lipinski definition) is 0. The molecule has 9 aromatic rings. The highest BCUT2D eigenvalue weighted by molar-refractivity contribution is 6.23. The second-order valence-corrected chi connectivity index (χ2v) is 13.3. The van der Waals surface area contributed by atoms with Crippen LogP contribution in [0, 0.1) is 0 Å². The van der Waals surface area contributed by atoms with E-state index in [-0.39, 0.29) is 5.41 Å². The van der Waals surface area contributed by atoms with E-state index in [9.17, 15) is 0 Å². The first-order chi connectivity index (χ1) is 22.1. The molecule has 1 aliphatic carbocycles. The zero-order valence-electron chi connectivity index (χ0n) is 25.4. The largest absolute Gasteiger partial charge is 0.0616 e. The van der Waals surface area contributed by atoms with Crippen molar-refractivity contribution >= 4 is 53.9 Å². The minimum Gasteiger partial charge on any atom is -0.0616 e. The van der Waals surface area contributed by atoms with Crippen LogP contribution in [0.2, 0.25) is 0 Å². The summed E-state index contributed by atoms with van der Waals surface area (Å²) in [4.78, 5) is 0. The second kappa shape index (κ2) is 8.80. The molecule has 0 aliphatic heterocycles. The third kappa shape index (κ3) is 3.37. The summed E-state index contributed by atoms with van der Waals surface area (Å²) in [6.45, 7) is 4.81. The molecule has 0 bridgehead atoms. The lowest BCUT2D eigenvalue weighted by Gasteiger charge is -2.23. The van der Waals surface area contributed by atoms with Crippen molar-refractivity contribution in [1.29, 1.82) is 0 Å². The molecule has 0 unspecified atom stereocenters. The van der Waals surface area contributed by atoms with Crippen molar-refractivity contribution in [2.24, 2.45) is 0 Å². The van der Waals surface area contributed by atoms with Crippen LogP contribution in [0.5, 0.6) is 0 Å². The van der Waals surface area contributed by atoms with E-state index in [2.05, 4.69) is 159 Å². The maximum atomic E-state index is 2.47. The van der Waals surface area contributed by atoms with E-state index in [0.717, 1.165) is 0 Å². The van der Waals surface area contributed by atoms with Gasteiger partial charge in [0.1, 0.15) is 0 Å². The van der Waals surface area contributed by atoms with E-state index in [1.807, 2.05) is 0 Å². The van der Waals surface area contributed by atoms with Crippen LogP contribution in [-0.4, -0.2) is 0 Å². The first-order valence-corrected chi connectivity index (χ1v) is 15.9. The van der Waals surface area contributed by atoms with Crippen molar-refractivity contribution in [3.63, 3.8) is 0 Å². The van der Waals surface area contributed by atoms with Crippen LogP contribution in [0.4, 0.5) is 0 Å². The molecule has 0 heteroatoms. The molecule has 1 aliphatic rings. The van der Waals surface area contributed by atoms with Gasteiger partial charge in [0.25, 0.3) is 0 Å². The van der Waals surface area contributed by atoms with Gasteiger partial charge in [-0.25, -0.2) is 0 Å². The number of benzene rings is 9. The van der Waals surface area contributed by atoms with Gasteiger partial charge in [0, 0.05) is 5.41 Å². The van der Waals surface area contributed by atoms with Crippen LogP contribution in [0.25, 0.3) is 87.2 Å². The molecule has 0 heterocycles. The summed E-state index contributed by atoms with van der Waals surface area (Å²) in [6, 6.07) is 54.7. The lowest BCUT2D eigenvalue weighted by Crippen LogP contribution is -2.15. The zero-order valence-corrected chi connectivity index (χ0v) is 25.4. The molecular weight excluding hydrogens is 540 g/mol. The zero-order chi connectivity index (χ0) is 29.9. The van der Waals surface area contributed by atoms with E-state index in [1.54, 1.807) is 0 Å². The predicted octanol–water partition coefficient (Wildman–Crippen LogP) is 12.5. The molecule has 0 spiro atoms. The Morgan fingerprint density at radius 2 is 0.956 bits per heavy atom. The Morgan fingerprint density at radius 3 is 1.73 bits per heavy atom.